The van der Waals surface area contributed by atoms with Crippen molar-refractivity contribution in [1.82, 2.24) is 0 Å². The van der Waals surface area contributed by atoms with Crippen molar-refractivity contribution in [3.63, 3.8) is 0 Å². The van der Waals surface area contributed by atoms with Gasteiger partial charge in [0.2, 0.25) is 0 Å². The van der Waals surface area contributed by atoms with Gasteiger partial charge in [0, 0.05) is 45.0 Å². The minimum Gasteiger partial charge on any atom is -0.466 e. The quantitative estimate of drug-likeness (QED) is 0.0580. The zero-order valence-electron chi connectivity index (χ0n) is 23.4. The summed E-state index contributed by atoms with van der Waals surface area (Å²) in [6, 6.07) is 0.903. The molecule has 36 heavy (non-hydrogen) atoms. The first-order valence-electron chi connectivity index (χ1n) is 13.9. The Balaban J connectivity index is 3.57. The molecule has 0 saturated carbocycles. The normalized spacial score (nSPS) is 12.3. The minimum atomic E-state index is -2.48. The van der Waals surface area contributed by atoms with Crippen LogP contribution in [0, 0.1) is 0 Å². The summed E-state index contributed by atoms with van der Waals surface area (Å²) in [6.45, 7) is 14.1. The van der Waals surface area contributed by atoms with Gasteiger partial charge in [-0.15, -0.1) is 0 Å². The zero-order chi connectivity index (χ0) is 26.9. The topological polar surface area (TPSA) is 89.5 Å². The number of ether oxygens (including phenoxy) is 3. The molecular weight excluding hydrogens is 480 g/mol. The van der Waals surface area contributed by atoms with E-state index in [2.05, 4.69) is 6.58 Å². The molecule has 0 fully saturated rings. The lowest BCUT2D eigenvalue weighted by Crippen LogP contribution is -2.45. The van der Waals surface area contributed by atoms with Crippen LogP contribution >= 0.6 is 0 Å². The molecule has 0 aliphatic carbocycles. The molecule has 0 saturated heterocycles. The molecule has 0 aromatic heterocycles. The van der Waals surface area contributed by atoms with Gasteiger partial charge in [-0.25, -0.2) is 4.79 Å². The molecule has 1 atom stereocenters. The fourth-order valence-electron chi connectivity index (χ4n) is 3.75. The number of carbonyl (C=O) groups excluding carboxylic acids is 2. The van der Waals surface area contributed by atoms with E-state index in [1.165, 1.54) is 38.5 Å². The van der Waals surface area contributed by atoms with E-state index >= 15 is 0 Å². The van der Waals surface area contributed by atoms with E-state index in [0.717, 1.165) is 31.4 Å². The van der Waals surface area contributed by atoms with Gasteiger partial charge in [0.05, 0.1) is 12.7 Å². The van der Waals surface area contributed by atoms with Crippen LogP contribution in [0.4, 0.5) is 0 Å². The fraction of sp³-hybridized carbons (Fsp3) is 0.852. The molecule has 0 aliphatic rings. The van der Waals surface area contributed by atoms with E-state index in [1.54, 1.807) is 0 Å². The van der Waals surface area contributed by atoms with Crippen molar-refractivity contribution < 1.29 is 37.1 Å². The van der Waals surface area contributed by atoms with Gasteiger partial charge >= 0.3 is 20.7 Å². The third-order valence-electron chi connectivity index (χ3n) is 5.54. The van der Waals surface area contributed by atoms with E-state index in [1.807, 2.05) is 27.7 Å². The van der Waals surface area contributed by atoms with Crippen molar-refractivity contribution in [3.05, 3.63) is 12.7 Å². The number of carbonyl (C=O) groups is 2. The van der Waals surface area contributed by atoms with Gasteiger partial charge in [0.15, 0.2) is 0 Å². The Kier molecular flexibility index (Phi) is 23.2. The van der Waals surface area contributed by atoms with Gasteiger partial charge < -0.3 is 27.5 Å². The molecule has 0 radical (unpaired) electrons. The molecule has 0 aromatic rings. The third-order valence-corrected chi connectivity index (χ3v) is 8.69. The standard InChI is InChI=1S/C27H52O8Si/c1-6-26(28)32-24-25(5)30-22-19-20-27(29)31-21-17-15-13-11-10-12-14-16-18-23-36(33-7-2,34-8-3)35-9-4/h6,25H,1,7-24H2,2-5H3. The summed E-state index contributed by atoms with van der Waals surface area (Å²) in [5, 5.41) is 0. The summed E-state index contributed by atoms with van der Waals surface area (Å²) in [7, 11) is -2.48. The molecule has 9 heteroatoms. The van der Waals surface area contributed by atoms with Crippen LogP contribution in [0.2, 0.25) is 6.04 Å². The van der Waals surface area contributed by atoms with E-state index in [4.69, 9.17) is 27.5 Å². The van der Waals surface area contributed by atoms with Crippen LogP contribution in [0.3, 0.4) is 0 Å². The molecule has 0 rings (SSSR count). The van der Waals surface area contributed by atoms with Crippen LogP contribution in [-0.4, -0.2) is 66.5 Å². The molecule has 0 spiro atoms. The average Bonchev–Trinajstić information content (AvgIpc) is 2.86. The Hall–Kier alpha value is -1.26. The molecule has 0 aliphatic heterocycles. The van der Waals surface area contributed by atoms with Gasteiger partial charge in [-0.1, -0.05) is 51.5 Å². The first-order chi connectivity index (χ1) is 17.4. The number of rotatable bonds is 26. The van der Waals surface area contributed by atoms with Gasteiger partial charge in [0.25, 0.3) is 0 Å². The van der Waals surface area contributed by atoms with Crippen LogP contribution in [0.5, 0.6) is 0 Å². The van der Waals surface area contributed by atoms with Crippen LogP contribution in [0.25, 0.3) is 0 Å². The number of esters is 2. The molecule has 0 heterocycles. The van der Waals surface area contributed by atoms with Crippen LogP contribution < -0.4 is 0 Å². The maximum atomic E-state index is 11.8. The Morgan fingerprint density at radius 1 is 0.750 bits per heavy atom. The van der Waals surface area contributed by atoms with Crippen molar-refractivity contribution in [3.8, 4) is 0 Å². The summed E-state index contributed by atoms with van der Waals surface area (Å²) in [5.74, 6) is -0.652. The van der Waals surface area contributed by atoms with Gasteiger partial charge in [-0.05, 0) is 47.0 Å². The lowest BCUT2D eigenvalue weighted by Gasteiger charge is -2.28. The van der Waals surface area contributed by atoms with E-state index < -0.39 is 14.8 Å². The Morgan fingerprint density at radius 2 is 1.28 bits per heavy atom. The van der Waals surface area contributed by atoms with Crippen LogP contribution in [0.15, 0.2) is 12.7 Å². The molecule has 8 nitrogen and oxygen atoms in total. The maximum Gasteiger partial charge on any atom is 0.500 e. The highest BCUT2D eigenvalue weighted by Crippen LogP contribution is 2.21. The summed E-state index contributed by atoms with van der Waals surface area (Å²) >= 11 is 0. The van der Waals surface area contributed by atoms with Crippen molar-refractivity contribution in [2.75, 3.05) is 39.6 Å². The first kappa shape index (κ1) is 34.7. The zero-order valence-corrected chi connectivity index (χ0v) is 24.4. The highest BCUT2D eigenvalue weighted by molar-refractivity contribution is 6.60. The summed E-state index contributed by atoms with van der Waals surface area (Å²) in [6.07, 6.45) is 12.2. The first-order valence-corrected chi connectivity index (χ1v) is 15.8. The molecule has 0 aromatic carbocycles. The predicted molar refractivity (Wildman–Crippen MR) is 144 cm³/mol. The summed E-state index contributed by atoms with van der Waals surface area (Å²) in [4.78, 5) is 22.8. The fourth-order valence-corrected chi connectivity index (χ4v) is 6.43. The number of unbranched alkanes of at least 4 members (excludes halogenated alkanes) is 8. The molecule has 0 amide bonds. The largest absolute Gasteiger partial charge is 0.500 e. The smallest absolute Gasteiger partial charge is 0.466 e. The Labute approximate surface area is 220 Å². The van der Waals surface area contributed by atoms with Crippen LogP contribution in [0.1, 0.15) is 98.3 Å². The second-order valence-electron chi connectivity index (χ2n) is 8.75. The second kappa shape index (κ2) is 24.1. The lowest BCUT2D eigenvalue weighted by molar-refractivity contribution is -0.144. The Bertz CT molecular complexity index is 541. The van der Waals surface area contributed by atoms with Gasteiger partial charge in [-0.2, -0.15) is 0 Å². The van der Waals surface area contributed by atoms with Crippen molar-refractivity contribution in [2.45, 2.75) is 110 Å². The van der Waals surface area contributed by atoms with E-state index in [-0.39, 0.29) is 18.7 Å². The molecule has 212 valence electrons. The minimum absolute atomic E-state index is 0.175. The second-order valence-corrected chi connectivity index (χ2v) is 11.5. The van der Waals surface area contributed by atoms with Crippen molar-refractivity contribution >= 4 is 20.7 Å². The third kappa shape index (κ3) is 19.9. The van der Waals surface area contributed by atoms with Crippen molar-refractivity contribution in [1.29, 1.82) is 0 Å². The van der Waals surface area contributed by atoms with E-state index in [0.29, 0.717) is 45.9 Å². The van der Waals surface area contributed by atoms with Gasteiger partial charge in [0.1, 0.15) is 6.61 Å². The molecule has 0 N–H and O–H groups in total. The number of hydrogen-bond acceptors (Lipinski definition) is 8. The number of hydrogen-bond donors (Lipinski definition) is 0. The summed E-state index contributed by atoms with van der Waals surface area (Å²) < 4.78 is 33.4. The Morgan fingerprint density at radius 3 is 1.81 bits per heavy atom. The highest BCUT2D eigenvalue weighted by Gasteiger charge is 2.39. The van der Waals surface area contributed by atoms with Crippen LogP contribution in [-0.2, 0) is 37.1 Å². The summed E-state index contributed by atoms with van der Waals surface area (Å²) in [5.41, 5.74) is 0. The van der Waals surface area contributed by atoms with Crippen molar-refractivity contribution in [2.24, 2.45) is 0 Å². The monoisotopic (exact) mass is 532 g/mol. The molecule has 1 unspecified atom stereocenters. The van der Waals surface area contributed by atoms with E-state index in [9.17, 15) is 9.59 Å². The predicted octanol–water partition coefficient (Wildman–Crippen LogP) is 6.00. The lowest BCUT2D eigenvalue weighted by atomic mass is 10.1. The highest BCUT2D eigenvalue weighted by atomic mass is 28.4. The molecular formula is C27H52O8Si. The van der Waals surface area contributed by atoms with Gasteiger partial charge in [-0.3, -0.25) is 4.79 Å². The maximum absolute atomic E-state index is 11.8. The average molecular weight is 533 g/mol. The molecule has 0 bridgehead atoms. The SMILES string of the molecule is C=CC(=O)OCC(C)OCCCC(=O)OCCCCCCCCCCC[Si](OCC)(OCC)OCC.